The van der Waals surface area contributed by atoms with Crippen molar-refractivity contribution < 1.29 is 15.5 Å². The van der Waals surface area contributed by atoms with E-state index in [1.807, 2.05) is 0 Å². The smallest absolute Gasteiger partial charge is 0.423 e. The molecule has 0 atom stereocenters. The Kier molecular flexibility index (Phi) is 1.24. The summed E-state index contributed by atoms with van der Waals surface area (Å²) in [6.07, 6.45) is 0. The van der Waals surface area contributed by atoms with E-state index >= 15 is 0 Å². The maximum absolute atomic E-state index is 8.90. The molecule has 1 aromatic carbocycles. The van der Waals surface area contributed by atoms with Gasteiger partial charge < -0.3 is 10.0 Å². The number of hydrogen-bond donors (Lipinski definition) is 2. The average molecular weight is 205 g/mol. The van der Waals surface area contributed by atoms with Crippen LogP contribution in [0.2, 0.25) is 0 Å². The lowest BCUT2D eigenvalue weighted by molar-refractivity contribution is 0.425. The van der Waals surface area contributed by atoms with Crippen molar-refractivity contribution >= 4 is 28.5 Å². The van der Waals surface area contributed by atoms with Crippen molar-refractivity contribution in [3.05, 3.63) is 28.6 Å². The highest BCUT2D eigenvalue weighted by Gasteiger charge is 2.12. The van der Waals surface area contributed by atoms with Crippen LogP contribution in [0, 0.1) is 0 Å². The molecule has 0 radical (unpaired) electrons. The fraction of sp³-hybridized carbons (Fsp3) is 0. The van der Waals surface area contributed by atoms with E-state index in [0.29, 0.717) is 0 Å². The first-order valence-corrected chi connectivity index (χ1v) is 3.29. The molecule has 0 unspecified atom stereocenters. The molecule has 0 aliphatic rings. The van der Waals surface area contributed by atoms with Crippen LogP contribution in [0.1, 0.15) is 5.48 Å². The zero-order valence-corrected chi connectivity index (χ0v) is 6.44. The molecule has 1 aromatic rings. The molecular weight excluding hydrogens is 195 g/mol. The van der Waals surface area contributed by atoms with Gasteiger partial charge in [-0.3, -0.25) is 0 Å². The monoisotopic (exact) mass is 204 g/mol. The standard InChI is InChI=1S/C6H6BBrO2/c8-6-4-2-1-3-5(6)7(9)10/h1-4,9-10H/i1D,2D,3D,4D. The zero-order chi connectivity index (χ0) is 11.0. The number of halogens is 1. The van der Waals surface area contributed by atoms with Gasteiger partial charge in [-0.05, 0) is 11.5 Å². The van der Waals surface area contributed by atoms with Crippen LogP contribution in [0.3, 0.4) is 0 Å². The van der Waals surface area contributed by atoms with Crippen LogP contribution < -0.4 is 5.46 Å². The van der Waals surface area contributed by atoms with E-state index in [4.69, 9.17) is 15.5 Å². The molecule has 10 heavy (non-hydrogen) atoms. The van der Waals surface area contributed by atoms with E-state index in [0.717, 1.165) is 0 Å². The Morgan fingerprint density at radius 2 is 2.00 bits per heavy atom. The van der Waals surface area contributed by atoms with Crippen LogP contribution in [0.5, 0.6) is 0 Å². The Labute approximate surface area is 73.4 Å². The molecule has 0 spiro atoms. The molecule has 0 amide bonds. The second-order valence-electron chi connectivity index (χ2n) is 1.60. The van der Waals surface area contributed by atoms with Gasteiger partial charge in [0, 0.05) is 4.47 Å². The first kappa shape index (κ1) is 3.90. The van der Waals surface area contributed by atoms with E-state index in [9.17, 15) is 0 Å². The molecule has 52 valence electrons. The zero-order valence-electron chi connectivity index (χ0n) is 8.85. The van der Waals surface area contributed by atoms with Crippen LogP contribution in [-0.4, -0.2) is 17.2 Å². The second-order valence-corrected chi connectivity index (χ2v) is 2.39. The molecule has 4 heteroatoms. The molecule has 0 heterocycles. The van der Waals surface area contributed by atoms with Crippen molar-refractivity contribution in [2.75, 3.05) is 0 Å². The van der Waals surface area contributed by atoms with E-state index in [1.165, 1.54) is 0 Å². The summed E-state index contributed by atoms with van der Waals surface area (Å²) in [5, 5.41) is 17.8. The van der Waals surface area contributed by atoms with E-state index in [-0.39, 0.29) is 16.0 Å². The summed E-state index contributed by atoms with van der Waals surface area (Å²) >= 11 is 2.89. The molecule has 0 saturated heterocycles. The van der Waals surface area contributed by atoms with E-state index in [1.54, 1.807) is 0 Å². The van der Waals surface area contributed by atoms with Crippen molar-refractivity contribution in [3.63, 3.8) is 0 Å². The topological polar surface area (TPSA) is 40.5 Å². The third kappa shape index (κ3) is 1.59. The fourth-order valence-corrected chi connectivity index (χ4v) is 0.888. The van der Waals surface area contributed by atoms with Gasteiger partial charge in [0.15, 0.2) is 0 Å². The van der Waals surface area contributed by atoms with Crippen LogP contribution in [-0.2, 0) is 0 Å². The van der Waals surface area contributed by atoms with Crippen molar-refractivity contribution in [2.24, 2.45) is 0 Å². The summed E-state index contributed by atoms with van der Waals surface area (Å²) in [4.78, 5) is 0. The highest BCUT2D eigenvalue weighted by Crippen LogP contribution is 2.04. The van der Waals surface area contributed by atoms with Crippen molar-refractivity contribution in [3.8, 4) is 0 Å². The molecule has 0 saturated carbocycles. The minimum Gasteiger partial charge on any atom is -0.423 e. The summed E-state index contributed by atoms with van der Waals surface area (Å²) in [6, 6.07) is -1.67. The summed E-state index contributed by atoms with van der Waals surface area (Å²) in [6.45, 7) is 0. The van der Waals surface area contributed by atoms with Crippen molar-refractivity contribution in [1.82, 2.24) is 0 Å². The molecule has 2 nitrogen and oxygen atoms in total. The van der Waals surface area contributed by atoms with Crippen LogP contribution in [0.4, 0.5) is 0 Å². The van der Waals surface area contributed by atoms with Crippen LogP contribution >= 0.6 is 15.9 Å². The van der Waals surface area contributed by atoms with Gasteiger partial charge >= 0.3 is 7.12 Å². The number of benzene rings is 1. The fourth-order valence-electron chi connectivity index (χ4n) is 0.485. The maximum Gasteiger partial charge on any atom is 0.489 e. The average Bonchev–Trinajstić information content (AvgIpc) is 2.11. The van der Waals surface area contributed by atoms with Gasteiger partial charge in [0.05, 0.1) is 5.48 Å². The van der Waals surface area contributed by atoms with Gasteiger partial charge in [0.25, 0.3) is 0 Å². The Morgan fingerprint density at radius 3 is 2.60 bits per heavy atom. The van der Waals surface area contributed by atoms with Crippen LogP contribution in [0.15, 0.2) is 28.6 Å². The number of hydrogen-bond acceptors (Lipinski definition) is 2. The van der Waals surface area contributed by atoms with Crippen molar-refractivity contribution in [1.29, 1.82) is 0 Å². The normalized spacial score (nSPS) is 15.1. The summed E-state index contributed by atoms with van der Waals surface area (Å²) < 4.78 is 29.2. The largest absolute Gasteiger partial charge is 0.489 e. The predicted molar refractivity (Wildman–Crippen MR) is 44.0 cm³/mol. The van der Waals surface area contributed by atoms with Gasteiger partial charge in [-0.1, -0.05) is 34.1 Å². The number of rotatable bonds is 1. The highest BCUT2D eigenvalue weighted by molar-refractivity contribution is 9.10. The lowest BCUT2D eigenvalue weighted by Gasteiger charge is -1.99. The van der Waals surface area contributed by atoms with E-state index < -0.39 is 25.2 Å². The second kappa shape index (κ2) is 3.19. The molecular formula is C6H6BBrO2. The Hall–Kier alpha value is -0.315. The Bertz CT molecular complexity index is 356. The van der Waals surface area contributed by atoms with Gasteiger partial charge in [-0.2, -0.15) is 0 Å². The lowest BCUT2D eigenvalue weighted by atomic mass is 9.80. The minimum atomic E-state index is -1.93. The third-order valence-corrected chi connectivity index (χ3v) is 1.55. The third-order valence-electron chi connectivity index (χ3n) is 0.927. The maximum atomic E-state index is 8.90. The minimum absolute atomic E-state index is 0.0292. The Morgan fingerprint density at radius 1 is 1.40 bits per heavy atom. The van der Waals surface area contributed by atoms with Gasteiger partial charge in [0.2, 0.25) is 0 Å². The van der Waals surface area contributed by atoms with Gasteiger partial charge in [-0.25, -0.2) is 0 Å². The summed E-state index contributed by atoms with van der Waals surface area (Å²) in [5.74, 6) is 0. The quantitative estimate of drug-likeness (QED) is 0.639. The first-order valence-electron chi connectivity index (χ1n) is 4.49. The summed E-state index contributed by atoms with van der Waals surface area (Å²) in [5.41, 5.74) is -0.254. The lowest BCUT2D eigenvalue weighted by Crippen LogP contribution is -2.30. The molecule has 0 fully saturated rings. The highest BCUT2D eigenvalue weighted by atomic mass is 79.9. The van der Waals surface area contributed by atoms with E-state index in [2.05, 4.69) is 15.9 Å². The molecule has 0 aliphatic carbocycles. The summed E-state index contributed by atoms with van der Waals surface area (Å²) in [7, 11) is -1.93. The van der Waals surface area contributed by atoms with Crippen molar-refractivity contribution in [2.45, 2.75) is 0 Å². The molecule has 1 rings (SSSR count). The van der Waals surface area contributed by atoms with Gasteiger partial charge in [0.1, 0.15) is 0 Å². The van der Waals surface area contributed by atoms with Crippen LogP contribution in [0.25, 0.3) is 0 Å². The SMILES string of the molecule is [2H]c1c([2H])c([2H])c(B(O)O)c(Br)c1[2H]. The molecule has 0 aromatic heterocycles. The predicted octanol–water partition coefficient (Wildman–Crippen LogP) is 0.129. The van der Waals surface area contributed by atoms with Gasteiger partial charge in [-0.15, -0.1) is 0 Å². The first-order chi connectivity index (χ1) is 6.37. The molecule has 2 N–H and O–H groups in total. The Balaban J connectivity index is 3.60. The molecule has 0 bridgehead atoms. The molecule has 0 aliphatic heterocycles.